The highest BCUT2D eigenvalue weighted by atomic mass is 32.1. The first-order valence-electron chi connectivity index (χ1n) is 7.36. The second kappa shape index (κ2) is 7.20. The lowest BCUT2D eigenvalue weighted by atomic mass is 9.79. The summed E-state index contributed by atoms with van der Waals surface area (Å²) >= 11 is 1.54. The number of thiophene rings is 1. The van der Waals surface area contributed by atoms with Crippen LogP contribution in [0.15, 0.2) is 16.8 Å². The van der Waals surface area contributed by atoms with Crippen molar-refractivity contribution in [1.29, 1.82) is 0 Å². The summed E-state index contributed by atoms with van der Waals surface area (Å²) in [6, 6.07) is 1.88. The Morgan fingerprint density at radius 1 is 1.40 bits per heavy atom. The molecule has 1 amide bonds. The van der Waals surface area contributed by atoms with Gasteiger partial charge in [0.05, 0.1) is 11.5 Å². The molecule has 1 aromatic rings. The Hall–Kier alpha value is -0.910. The number of nitrogens with one attached hydrogen (secondary N) is 1. The fourth-order valence-electron chi connectivity index (χ4n) is 2.89. The average Bonchev–Trinajstić information content (AvgIpc) is 2.89. The van der Waals surface area contributed by atoms with Crippen molar-refractivity contribution in [2.75, 3.05) is 13.1 Å². The van der Waals surface area contributed by atoms with Crippen LogP contribution in [-0.2, 0) is 4.79 Å². The van der Waals surface area contributed by atoms with Crippen LogP contribution in [0.5, 0.6) is 0 Å². The van der Waals surface area contributed by atoms with Crippen molar-refractivity contribution in [3.63, 3.8) is 0 Å². The standard InChI is InChI=1S/C15H24N2O2S/c16-11-15(6-3-1-2-4-7-15)14(19)17-9-13(18)12-5-8-20-10-12/h5,8,10,13,18H,1-4,6-7,9,11,16H2,(H,17,19). The van der Waals surface area contributed by atoms with Crippen LogP contribution in [0.25, 0.3) is 0 Å². The van der Waals surface area contributed by atoms with Crippen LogP contribution in [0, 0.1) is 5.41 Å². The molecule has 1 unspecified atom stereocenters. The lowest BCUT2D eigenvalue weighted by molar-refractivity contribution is -0.131. The Labute approximate surface area is 124 Å². The predicted molar refractivity (Wildman–Crippen MR) is 81.5 cm³/mol. The van der Waals surface area contributed by atoms with E-state index in [9.17, 15) is 9.90 Å². The Morgan fingerprint density at radius 2 is 2.10 bits per heavy atom. The second-order valence-corrected chi connectivity index (χ2v) is 6.46. The van der Waals surface area contributed by atoms with Gasteiger partial charge in [-0.25, -0.2) is 0 Å². The molecule has 1 atom stereocenters. The van der Waals surface area contributed by atoms with Gasteiger partial charge in [0, 0.05) is 13.1 Å². The second-order valence-electron chi connectivity index (χ2n) is 5.68. The molecule has 0 spiro atoms. The maximum Gasteiger partial charge on any atom is 0.227 e. The van der Waals surface area contributed by atoms with Crippen LogP contribution in [0.2, 0.25) is 0 Å². The smallest absolute Gasteiger partial charge is 0.227 e. The normalized spacial score (nSPS) is 20.1. The summed E-state index contributed by atoms with van der Waals surface area (Å²) in [6.07, 6.45) is 5.60. The van der Waals surface area contributed by atoms with E-state index in [1.807, 2.05) is 16.8 Å². The van der Waals surface area contributed by atoms with Crippen LogP contribution in [0.1, 0.15) is 50.2 Å². The van der Waals surface area contributed by atoms with Gasteiger partial charge in [-0.15, -0.1) is 0 Å². The monoisotopic (exact) mass is 296 g/mol. The number of aliphatic hydroxyl groups is 1. The minimum atomic E-state index is -0.634. The third-order valence-electron chi connectivity index (χ3n) is 4.32. The minimum Gasteiger partial charge on any atom is -0.387 e. The molecule has 0 saturated heterocycles. The predicted octanol–water partition coefficient (Wildman–Crippen LogP) is 2.20. The van der Waals surface area contributed by atoms with Gasteiger partial charge >= 0.3 is 0 Å². The first-order chi connectivity index (χ1) is 9.68. The summed E-state index contributed by atoms with van der Waals surface area (Å²) in [5, 5.41) is 16.8. The number of carbonyl (C=O) groups excluding carboxylic acids is 1. The van der Waals surface area contributed by atoms with E-state index in [-0.39, 0.29) is 12.5 Å². The summed E-state index contributed by atoms with van der Waals surface area (Å²) < 4.78 is 0. The van der Waals surface area contributed by atoms with Crippen molar-refractivity contribution < 1.29 is 9.90 Å². The first kappa shape index (κ1) is 15.5. The van der Waals surface area contributed by atoms with E-state index in [0.717, 1.165) is 31.2 Å². The zero-order valence-corrected chi connectivity index (χ0v) is 12.6. The SMILES string of the molecule is NCC1(C(=O)NCC(O)c2ccsc2)CCCCCC1. The number of amides is 1. The summed E-state index contributed by atoms with van der Waals surface area (Å²) in [6.45, 7) is 0.657. The van der Waals surface area contributed by atoms with Crippen molar-refractivity contribution >= 4 is 17.2 Å². The summed E-state index contributed by atoms with van der Waals surface area (Å²) in [4.78, 5) is 12.5. The average molecular weight is 296 g/mol. The van der Waals surface area contributed by atoms with Crippen LogP contribution < -0.4 is 11.1 Å². The fourth-order valence-corrected chi connectivity index (χ4v) is 3.60. The van der Waals surface area contributed by atoms with Crippen LogP contribution in [0.3, 0.4) is 0 Å². The largest absolute Gasteiger partial charge is 0.387 e. The van der Waals surface area contributed by atoms with Gasteiger partial charge in [0.2, 0.25) is 5.91 Å². The quantitative estimate of drug-likeness (QED) is 0.729. The third-order valence-corrected chi connectivity index (χ3v) is 5.02. The molecule has 1 aliphatic carbocycles. The van der Waals surface area contributed by atoms with Crippen molar-refractivity contribution in [2.24, 2.45) is 11.1 Å². The molecular weight excluding hydrogens is 272 g/mol. The zero-order chi connectivity index (χ0) is 14.4. The molecule has 1 heterocycles. The topological polar surface area (TPSA) is 75.4 Å². The first-order valence-corrected chi connectivity index (χ1v) is 8.31. The molecule has 0 aliphatic heterocycles. The molecule has 4 N–H and O–H groups in total. The molecule has 0 aromatic carbocycles. The molecule has 2 rings (SSSR count). The number of carbonyl (C=O) groups is 1. The molecule has 0 radical (unpaired) electrons. The van der Waals surface area contributed by atoms with Crippen molar-refractivity contribution in [3.05, 3.63) is 22.4 Å². The van der Waals surface area contributed by atoms with E-state index in [0.29, 0.717) is 6.54 Å². The van der Waals surface area contributed by atoms with Gasteiger partial charge in [0.15, 0.2) is 0 Å². The zero-order valence-electron chi connectivity index (χ0n) is 11.8. The Balaban J connectivity index is 1.92. The number of hydrogen-bond acceptors (Lipinski definition) is 4. The number of hydrogen-bond donors (Lipinski definition) is 3. The maximum atomic E-state index is 12.5. The molecule has 20 heavy (non-hydrogen) atoms. The van der Waals surface area contributed by atoms with E-state index < -0.39 is 11.5 Å². The lowest BCUT2D eigenvalue weighted by Gasteiger charge is -2.30. The molecule has 4 nitrogen and oxygen atoms in total. The van der Waals surface area contributed by atoms with Gasteiger partial charge < -0.3 is 16.2 Å². The van der Waals surface area contributed by atoms with E-state index in [2.05, 4.69) is 5.32 Å². The number of aliphatic hydroxyl groups excluding tert-OH is 1. The van der Waals surface area contributed by atoms with Crippen LogP contribution in [-0.4, -0.2) is 24.1 Å². The van der Waals surface area contributed by atoms with Gasteiger partial charge in [-0.2, -0.15) is 11.3 Å². The van der Waals surface area contributed by atoms with Gasteiger partial charge in [0.1, 0.15) is 0 Å². The molecule has 112 valence electrons. The van der Waals surface area contributed by atoms with E-state index in [1.165, 1.54) is 12.8 Å². The minimum absolute atomic E-state index is 0.0104. The van der Waals surface area contributed by atoms with Crippen molar-refractivity contribution in [3.8, 4) is 0 Å². The highest BCUT2D eigenvalue weighted by Gasteiger charge is 2.37. The van der Waals surface area contributed by atoms with E-state index in [1.54, 1.807) is 11.3 Å². The molecular formula is C15H24N2O2S. The Kier molecular flexibility index (Phi) is 5.57. The summed E-state index contributed by atoms with van der Waals surface area (Å²) in [5.74, 6) is 0.0104. The molecule has 1 aliphatic rings. The Bertz CT molecular complexity index is 412. The van der Waals surface area contributed by atoms with Crippen LogP contribution >= 0.6 is 11.3 Å². The summed E-state index contributed by atoms with van der Waals surface area (Å²) in [5.41, 5.74) is 6.32. The molecule has 1 saturated carbocycles. The van der Waals surface area contributed by atoms with Gasteiger partial charge in [-0.1, -0.05) is 25.7 Å². The fraction of sp³-hybridized carbons (Fsp3) is 0.667. The molecule has 1 aromatic heterocycles. The molecule has 0 bridgehead atoms. The Morgan fingerprint density at radius 3 is 2.65 bits per heavy atom. The summed E-state index contributed by atoms with van der Waals surface area (Å²) in [7, 11) is 0. The lowest BCUT2D eigenvalue weighted by Crippen LogP contribution is -2.46. The van der Waals surface area contributed by atoms with Crippen LogP contribution in [0.4, 0.5) is 0 Å². The highest BCUT2D eigenvalue weighted by molar-refractivity contribution is 7.07. The maximum absolute atomic E-state index is 12.5. The van der Waals surface area contributed by atoms with Gasteiger partial charge in [-0.05, 0) is 35.2 Å². The van der Waals surface area contributed by atoms with Gasteiger partial charge in [-0.3, -0.25) is 4.79 Å². The van der Waals surface area contributed by atoms with E-state index in [4.69, 9.17) is 5.73 Å². The third kappa shape index (κ3) is 3.59. The van der Waals surface area contributed by atoms with Crippen molar-refractivity contribution in [1.82, 2.24) is 5.32 Å². The number of nitrogens with two attached hydrogens (primary N) is 1. The van der Waals surface area contributed by atoms with Crippen molar-refractivity contribution in [2.45, 2.75) is 44.6 Å². The van der Waals surface area contributed by atoms with E-state index >= 15 is 0 Å². The number of rotatable bonds is 5. The molecule has 1 fully saturated rings. The molecule has 5 heteroatoms. The van der Waals surface area contributed by atoms with Gasteiger partial charge in [0.25, 0.3) is 0 Å². The highest BCUT2D eigenvalue weighted by Crippen LogP contribution is 2.34.